The van der Waals surface area contributed by atoms with Crippen molar-refractivity contribution < 1.29 is 13.5 Å². The summed E-state index contributed by atoms with van der Waals surface area (Å²) in [7, 11) is 0. The third kappa shape index (κ3) is 4.37. The number of benzene rings is 1. The Balaban J connectivity index is 2.04. The van der Waals surface area contributed by atoms with Gasteiger partial charge in [-0.15, -0.1) is 5.10 Å². The molecule has 140 valence electrons. The summed E-state index contributed by atoms with van der Waals surface area (Å²) in [5.41, 5.74) is 6.34. The molecule has 1 aromatic carbocycles. The Hall–Kier alpha value is -3.07. The Bertz CT molecular complexity index is 942. The number of nitrogens with zero attached hydrogens (tertiary/aromatic N) is 5. The molecule has 0 aliphatic heterocycles. The molecule has 27 heavy (non-hydrogen) atoms. The van der Waals surface area contributed by atoms with E-state index in [4.69, 9.17) is 22.1 Å². The van der Waals surface area contributed by atoms with Gasteiger partial charge in [0.25, 0.3) is 6.43 Å². The molecule has 2 heterocycles. The smallest absolute Gasteiger partial charge is 0.299 e. The summed E-state index contributed by atoms with van der Waals surface area (Å²) in [6, 6.07) is 8.56. The number of anilines is 1. The molecular weight excluding hydrogens is 378 g/mol. The van der Waals surface area contributed by atoms with E-state index in [0.29, 0.717) is 12.4 Å². The van der Waals surface area contributed by atoms with Gasteiger partial charge in [0.05, 0.1) is 0 Å². The summed E-state index contributed by atoms with van der Waals surface area (Å²) in [5.74, 6) is 0.237. The molecule has 0 radical (unpaired) electrons. The standard InChI is InChI=1S/C17H15ClF2N6O/c1-2-7-27-11-6-4-3-5-10(11)8-13-23-16(15(19)20)25-26(13)14-9-12(18)22-17(21)24-14/h2-6,9,15H,1,7-8H2,(H2,21,22,24). The van der Waals surface area contributed by atoms with Crippen molar-refractivity contribution in [3.8, 4) is 11.6 Å². The minimum Gasteiger partial charge on any atom is -0.489 e. The van der Waals surface area contributed by atoms with Crippen molar-refractivity contribution >= 4 is 17.5 Å². The molecule has 0 amide bonds. The molecule has 0 spiro atoms. The van der Waals surface area contributed by atoms with Gasteiger partial charge in [-0.25, -0.2) is 18.7 Å². The van der Waals surface area contributed by atoms with Crippen molar-refractivity contribution in [2.75, 3.05) is 12.3 Å². The monoisotopic (exact) mass is 392 g/mol. The van der Waals surface area contributed by atoms with E-state index in [1.807, 2.05) is 12.1 Å². The molecule has 0 fully saturated rings. The number of para-hydroxylation sites is 1. The predicted molar refractivity (Wildman–Crippen MR) is 96.3 cm³/mol. The average Bonchev–Trinajstić information content (AvgIpc) is 3.04. The molecule has 0 saturated carbocycles. The van der Waals surface area contributed by atoms with Gasteiger partial charge in [-0.05, 0) is 6.07 Å². The summed E-state index contributed by atoms with van der Waals surface area (Å²) < 4.78 is 33.1. The fourth-order valence-corrected chi connectivity index (χ4v) is 2.58. The highest BCUT2D eigenvalue weighted by Crippen LogP contribution is 2.24. The molecule has 0 bridgehead atoms. The van der Waals surface area contributed by atoms with Gasteiger partial charge in [0, 0.05) is 18.1 Å². The lowest BCUT2D eigenvalue weighted by Gasteiger charge is -2.10. The number of aromatic nitrogens is 5. The van der Waals surface area contributed by atoms with E-state index in [1.165, 1.54) is 10.7 Å². The normalized spacial score (nSPS) is 11.0. The summed E-state index contributed by atoms with van der Waals surface area (Å²) >= 11 is 5.89. The van der Waals surface area contributed by atoms with Gasteiger partial charge < -0.3 is 10.5 Å². The van der Waals surface area contributed by atoms with Crippen LogP contribution in [0.4, 0.5) is 14.7 Å². The summed E-state index contributed by atoms with van der Waals surface area (Å²) in [6.07, 6.45) is -1.05. The molecule has 7 nitrogen and oxygen atoms in total. The highest BCUT2D eigenvalue weighted by molar-refractivity contribution is 6.29. The van der Waals surface area contributed by atoms with Crippen LogP contribution in [0.3, 0.4) is 0 Å². The fourth-order valence-electron chi connectivity index (χ4n) is 2.39. The number of nitrogens with two attached hydrogens (primary N) is 1. The number of nitrogen functional groups attached to an aromatic ring is 1. The van der Waals surface area contributed by atoms with Crippen LogP contribution in [0.2, 0.25) is 5.15 Å². The van der Waals surface area contributed by atoms with Crippen LogP contribution < -0.4 is 10.5 Å². The summed E-state index contributed by atoms with van der Waals surface area (Å²) in [4.78, 5) is 11.7. The topological polar surface area (TPSA) is 91.7 Å². The van der Waals surface area contributed by atoms with Crippen molar-refractivity contribution in [1.29, 1.82) is 0 Å². The van der Waals surface area contributed by atoms with Gasteiger partial charge in [-0.1, -0.05) is 42.5 Å². The van der Waals surface area contributed by atoms with E-state index in [9.17, 15) is 8.78 Å². The van der Waals surface area contributed by atoms with Gasteiger partial charge in [0.1, 0.15) is 23.3 Å². The van der Waals surface area contributed by atoms with Crippen molar-refractivity contribution in [3.63, 3.8) is 0 Å². The summed E-state index contributed by atoms with van der Waals surface area (Å²) in [6.45, 7) is 3.92. The first-order valence-electron chi connectivity index (χ1n) is 7.84. The molecular formula is C17H15ClF2N6O. The van der Waals surface area contributed by atoms with Crippen LogP contribution in [0.1, 0.15) is 23.6 Å². The molecule has 2 N–H and O–H groups in total. The lowest BCUT2D eigenvalue weighted by atomic mass is 10.1. The molecule has 3 aromatic rings. The zero-order valence-electron chi connectivity index (χ0n) is 14.0. The number of alkyl halides is 2. The molecule has 0 atom stereocenters. The molecule has 10 heteroatoms. The van der Waals surface area contributed by atoms with Crippen LogP contribution >= 0.6 is 11.6 Å². The Morgan fingerprint density at radius 3 is 2.74 bits per heavy atom. The number of hydrogen-bond acceptors (Lipinski definition) is 6. The fraction of sp³-hybridized carbons (Fsp3) is 0.176. The van der Waals surface area contributed by atoms with Crippen LogP contribution in [-0.4, -0.2) is 31.3 Å². The zero-order chi connectivity index (χ0) is 19.4. The Kier molecular flexibility index (Phi) is 5.60. The van der Waals surface area contributed by atoms with Gasteiger partial charge in [-0.2, -0.15) is 9.67 Å². The maximum atomic E-state index is 13.2. The first-order chi connectivity index (χ1) is 13.0. The van der Waals surface area contributed by atoms with Gasteiger partial charge >= 0.3 is 0 Å². The van der Waals surface area contributed by atoms with Crippen molar-refractivity contribution in [2.24, 2.45) is 0 Å². The van der Waals surface area contributed by atoms with E-state index >= 15 is 0 Å². The second-order valence-electron chi connectivity index (χ2n) is 5.39. The van der Waals surface area contributed by atoms with Crippen molar-refractivity contribution in [3.05, 3.63) is 65.4 Å². The number of ether oxygens (including phenoxy) is 1. The number of halogens is 3. The minimum atomic E-state index is -2.84. The van der Waals surface area contributed by atoms with Crippen LogP contribution in [0, 0.1) is 0 Å². The Labute approximate surface area is 158 Å². The lowest BCUT2D eigenvalue weighted by molar-refractivity contribution is 0.140. The molecule has 0 saturated heterocycles. The largest absolute Gasteiger partial charge is 0.489 e. The van der Waals surface area contributed by atoms with Crippen molar-refractivity contribution in [1.82, 2.24) is 24.7 Å². The minimum absolute atomic E-state index is 0.0623. The second kappa shape index (κ2) is 8.09. The predicted octanol–water partition coefficient (Wildman–Crippen LogP) is 3.39. The third-order valence-electron chi connectivity index (χ3n) is 3.48. The summed E-state index contributed by atoms with van der Waals surface area (Å²) in [5, 5.41) is 3.91. The van der Waals surface area contributed by atoms with Crippen LogP contribution in [0.15, 0.2) is 43.0 Å². The maximum Gasteiger partial charge on any atom is 0.299 e. The lowest BCUT2D eigenvalue weighted by Crippen LogP contribution is -2.09. The molecule has 2 aromatic heterocycles. The Morgan fingerprint density at radius 2 is 2.04 bits per heavy atom. The zero-order valence-corrected chi connectivity index (χ0v) is 14.8. The molecule has 0 aliphatic carbocycles. The SMILES string of the molecule is C=CCOc1ccccc1Cc1nc(C(F)F)nn1-c1cc(Cl)nc(N)n1. The van der Waals surface area contributed by atoms with Crippen molar-refractivity contribution in [2.45, 2.75) is 12.8 Å². The van der Waals surface area contributed by atoms with E-state index in [-0.39, 0.29) is 29.2 Å². The molecule has 3 rings (SSSR count). The van der Waals surface area contributed by atoms with Gasteiger partial charge in [-0.3, -0.25) is 0 Å². The van der Waals surface area contributed by atoms with Crippen LogP contribution in [0.25, 0.3) is 5.82 Å². The van der Waals surface area contributed by atoms with E-state index in [0.717, 1.165) is 5.56 Å². The van der Waals surface area contributed by atoms with Gasteiger partial charge in [0.2, 0.25) is 11.8 Å². The Morgan fingerprint density at radius 1 is 1.26 bits per heavy atom. The quantitative estimate of drug-likeness (QED) is 0.489. The highest BCUT2D eigenvalue weighted by Gasteiger charge is 2.21. The maximum absolute atomic E-state index is 13.2. The molecule has 0 unspecified atom stereocenters. The van der Waals surface area contributed by atoms with Crippen LogP contribution in [0.5, 0.6) is 5.75 Å². The van der Waals surface area contributed by atoms with Gasteiger partial charge in [0.15, 0.2) is 5.82 Å². The van der Waals surface area contributed by atoms with Crippen LogP contribution in [-0.2, 0) is 6.42 Å². The first-order valence-corrected chi connectivity index (χ1v) is 8.21. The van der Waals surface area contributed by atoms with E-state index in [1.54, 1.807) is 18.2 Å². The third-order valence-corrected chi connectivity index (χ3v) is 3.67. The number of hydrogen-bond donors (Lipinski definition) is 1. The highest BCUT2D eigenvalue weighted by atomic mass is 35.5. The average molecular weight is 393 g/mol. The number of rotatable bonds is 7. The van der Waals surface area contributed by atoms with E-state index < -0.39 is 12.2 Å². The first kappa shape index (κ1) is 18.7. The second-order valence-corrected chi connectivity index (χ2v) is 5.78. The molecule has 0 aliphatic rings. The van der Waals surface area contributed by atoms with E-state index in [2.05, 4.69) is 26.6 Å².